The summed E-state index contributed by atoms with van der Waals surface area (Å²) in [6, 6.07) is 19.3. The summed E-state index contributed by atoms with van der Waals surface area (Å²) in [5.41, 5.74) is -0.152. The molecule has 2 aromatic heterocycles. The Hall–Kier alpha value is -5.77. The van der Waals surface area contributed by atoms with Crippen LogP contribution in [0.3, 0.4) is 0 Å². The molecule has 7 rings (SSSR count). The molecule has 16 heteroatoms. The lowest BCUT2D eigenvalue weighted by Gasteiger charge is -2.37. The predicted octanol–water partition coefficient (Wildman–Crippen LogP) is 7.68. The maximum Gasteiger partial charge on any atom is 0.410 e. The molecule has 280 valence electrons. The Morgan fingerprint density at radius 3 is 2.41 bits per heavy atom. The molecule has 2 N–H and O–H groups in total. The zero-order valence-electron chi connectivity index (χ0n) is 28.6. The number of hydrogen-bond acceptors (Lipinski definition) is 9. The number of ether oxygens (including phenoxy) is 2. The van der Waals surface area contributed by atoms with Crippen molar-refractivity contribution in [3.63, 3.8) is 0 Å². The highest BCUT2D eigenvalue weighted by Crippen LogP contribution is 2.42. The lowest BCUT2D eigenvalue weighted by atomic mass is 9.90. The van der Waals surface area contributed by atoms with Crippen molar-refractivity contribution in [2.45, 2.75) is 37.7 Å². The summed E-state index contributed by atoms with van der Waals surface area (Å²) < 4.78 is 97.7. The number of carbonyl (C=O) groups excluding carboxylic acids is 1. The molecule has 1 saturated heterocycles. The summed E-state index contributed by atoms with van der Waals surface area (Å²) in [6.45, 7) is 1.11. The first-order chi connectivity index (χ1) is 26.0. The van der Waals surface area contributed by atoms with E-state index in [-0.39, 0.29) is 47.2 Å². The van der Waals surface area contributed by atoms with E-state index in [2.05, 4.69) is 20.3 Å². The van der Waals surface area contributed by atoms with Crippen molar-refractivity contribution in [2.24, 2.45) is 11.8 Å². The van der Waals surface area contributed by atoms with E-state index in [0.717, 1.165) is 30.9 Å². The number of hydrogen-bond donors (Lipinski definition) is 2. The van der Waals surface area contributed by atoms with Gasteiger partial charge < -0.3 is 19.7 Å². The Bertz CT molecular complexity index is 2260. The Kier molecular flexibility index (Phi) is 10.6. The van der Waals surface area contributed by atoms with Crippen LogP contribution >= 0.6 is 0 Å². The summed E-state index contributed by atoms with van der Waals surface area (Å²) in [7, 11) is -4.56. The average molecular weight is 763 g/mol. The van der Waals surface area contributed by atoms with Gasteiger partial charge in [0.25, 0.3) is 0 Å². The Morgan fingerprint density at radius 1 is 0.852 bits per heavy atom. The summed E-state index contributed by atoms with van der Waals surface area (Å²) in [4.78, 5) is 27.9. The zero-order valence-corrected chi connectivity index (χ0v) is 29.4. The third kappa shape index (κ3) is 8.71. The highest BCUT2D eigenvalue weighted by Gasteiger charge is 2.39. The highest BCUT2D eigenvalue weighted by molar-refractivity contribution is 7.91. The topological polar surface area (TPSA) is 136 Å². The van der Waals surface area contributed by atoms with Crippen molar-refractivity contribution in [1.82, 2.24) is 19.9 Å². The molecule has 0 bridgehead atoms. The number of anilines is 2. The molecular formula is C38H34F4N6O5S. The first-order valence-corrected chi connectivity index (χ1v) is 18.8. The normalized spacial score (nSPS) is 17.1. The molecule has 0 radical (unpaired) electrons. The van der Waals surface area contributed by atoms with Crippen LogP contribution in [0.4, 0.5) is 34.0 Å². The molecular weight excluding hydrogens is 729 g/mol. The minimum Gasteiger partial charge on any atom is -0.445 e. The minimum absolute atomic E-state index is 0.159. The number of nitrogens with one attached hydrogen (secondary N) is 2. The Labute approximate surface area is 308 Å². The van der Waals surface area contributed by atoms with Gasteiger partial charge in [-0.1, -0.05) is 48.5 Å². The van der Waals surface area contributed by atoms with Crippen LogP contribution in [-0.4, -0.2) is 53.5 Å². The number of nitrogens with zero attached hydrogens (tertiary/aromatic N) is 4. The van der Waals surface area contributed by atoms with Gasteiger partial charge in [0.05, 0.1) is 17.0 Å². The minimum atomic E-state index is -4.56. The van der Waals surface area contributed by atoms with Gasteiger partial charge in [0, 0.05) is 43.2 Å². The van der Waals surface area contributed by atoms with Gasteiger partial charge >= 0.3 is 6.09 Å². The van der Waals surface area contributed by atoms with Gasteiger partial charge in [0.1, 0.15) is 18.1 Å². The van der Waals surface area contributed by atoms with Crippen molar-refractivity contribution in [2.75, 3.05) is 23.1 Å². The van der Waals surface area contributed by atoms with Crippen LogP contribution in [0.15, 0.2) is 91.3 Å². The standard InChI is InChI=1S/C38H34F4N6O5S/c39-29-11-5-4-9-25(29)22-54(50,51)47-35-30(40)18-32(33(41)34(35)42)53-36-28(10-6-15-43-36)31-14-16-44-37(46-31)45-27-17-26(24-12-13-24)19-48(20-27)38(49)52-21-23-7-2-1-3-8-23/h1-11,14-16,18,24,26-27,47H,12-13,17,19-22H2,(H,44,45,46). The van der Waals surface area contributed by atoms with Crippen LogP contribution in [-0.2, 0) is 27.1 Å². The predicted molar refractivity (Wildman–Crippen MR) is 191 cm³/mol. The van der Waals surface area contributed by atoms with Gasteiger partial charge in [-0.05, 0) is 60.9 Å². The van der Waals surface area contributed by atoms with E-state index < -0.39 is 56.6 Å². The molecule has 54 heavy (non-hydrogen) atoms. The van der Waals surface area contributed by atoms with E-state index in [0.29, 0.717) is 25.1 Å². The number of pyridine rings is 1. The lowest BCUT2D eigenvalue weighted by Crippen LogP contribution is -2.49. The third-order valence-corrected chi connectivity index (χ3v) is 10.4. The molecule has 5 aromatic rings. The fourth-order valence-electron chi connectivity index (χ4n) is 6.40. The zero-order chi connectivity index (χ0) is 37.8. The smallest absolute Gasteiger partial charge is 0.410 e. The summed E-state index contributed by atoms with van der Waals surface area (Å²) in [5.74, 6) is -6.99. The number of carbonyl (C=O) groups is 1. The van der Waals surface area contributed by atoms with Crippen molar-refractivity contribution in [3.8, 4) is 22.9 Å². The molecule has 0 spiro atoms. The van der Waals surface area contributed by atoms with Gasteiger partial charge in [0.15, 0.2) is 17.4 Å². The second-order valence-electron chi connectivity index (χ2n) is 13.2. The van der Waals surface area contributed by atoms with Crippen molar-refractivity contribution >= 4 is 27.8 Å². The van der Waals surface area contributed by atoms with Crippen LogP contribution in [0.5, 0.6) is 11.6 Å². The maximum atomic E-state index is 15.3. The lowest BCUT2D eigenvalue weighted by molar-refractivity contribution is 0.0733. The van der Waals surface area contributed by atoms with Crippen LogP contribution in [0.2, 0.25) is 0 Å². The molecule has 11 nitrogen and oxygen atoms in total. The number of piperidine rings is 1. The largest absolute Gasteiger partial charge is 0.445 e. The van der Waals surface area contributed by atoms with Crippen LogP contribution in [0.25, 0.3) is 11.3 Å². The molecule has 3 aromatic carbocycles. The SMILES string of the molecule is O=C(OCc1ccccc1)N1CC(Nc2nccc(-c3cccnc3Oc3cc(F)c(NS(=O)(=O)Cc4ccccc4F)c(F)c3F)n2)CC(C2CC2)C1. The average Bonchev–Trinajstić information content (AvgIpc) is 4.02. The molecule has 2 aliphatic rings. The molecule has 2 fully saturated rings. The molecule has 1 aliphatic heterocycles. The maximum absolute atomic E-state index is 15.3. The quantitative estimate of drug-likeness (QED) is 0.0970. The van der Waals surface area contributed by atoms with Gasteiger partial charge in [0.2, 0.25) is 27.7 Å². The monoisotopic (exact) mass is 762 g/mol. The molecule has 1 aliphatic carbocycles. The van der Waals surface area contributed by atoms with Gasteiger partial charge in [-0.2, -0.15) is 4.39 Å². The summed E-state index contributed by atoms with van der Waals surface area (Å²) >= 11 is 0. The molecule has 1 amide bonds. The number of sulfonamides is 1. The Morgan fingerprint density at radius 2 is 1.63 bits per heavy atom. The van der Waals surface area contributed by atoms with Crippen molar-refractivity contribution < 1.29 is 40.2 Å². The fourth-order valence-corrected chi connectivity index (χ4v) is 7.61. The van der Waals surface area contributed by atoms with E-state index in [1.54, 1.807) is 27.8 Å². The fraction of sp³-hybridized carbons (Fsp3) is 0.263. The van der Waals surface area contributed by atoms with E-state index in [1.807, 2.05) is 30.3 Å². The highest BCUT2D eigenvalue weighted by atomic mass is 32.2. The van der Waals surface area contributed by atoms with E-state index in [1.165, 1.54) is 30.6 Å². The van der Waals surface area contributed by atoms with Crippen LogP contribution in [0, 0.1) is 35.1 Å². The number of halogens is 4. The summed E-state index contributed by atoms with van der Waals surface area (Å²) in [6.07, 6.45) is 5.38. The molecule has 1 saturated carbocycles. The number of likely N-dealkylation sites (tertiary alicyclic amines) is 1. The second-order valence-corrected chi connectivity index (χ2v) is 14.9. The van der Waals surface area contributed by atoms with Gasteiger partial charge in [-0.3, -0.25) is 4.72 Å². The molecule has 3 heterocycles. The number of amides is 1. The first kappa shape index (κ1) is 36.6. The van der Waals surface area contributed by atoms with Crippen molar-refractivity contribution in [1.29, 1.82) is 0 Å². The van der Waals surface area contributed by atoms with Crippen LogP contribution < -0.4 is 14.8 Å². The van der Waals surface area contributed by atoms with Gasteiger partial charge in [-0.15, -0.1) is 0 Å². The number of rotatable bonds is 12. The molecule has 2 unspecified atom stereocenters. The van der Waals surface area contributed by atoms with E-state index in [4.69, 9.17) is 9.47 Å². The van der Waals surface area contributed by atoms with E-state index in [9.17, 15) is 17.6 Å². The summed E-state index contributed by atoms with van der Waals surface area (Å²) in [5, 5.41) is 3.33. The Balaban J connectivity index is 1.06. The molecule has 2 atom stereocenters. The number of aromatic nitrogens is 3. The van der Waals surface area contributed by atoms with Crippen molar-refractivity contribution in [3.05, 3.63) is 126 Å². The van der Waals surface area contributed by atoms with E-state index >= 15 is 13.2 Å². The second kappa shape index (κ2) is 15.7. The van der Waals surface area contributed by atoms with Gasteiger partial charge in [-0.25, -0.2) is 41.3 Å². The third-order valence-electron chi connectivity index (χ3n) is 9.16. The first-order valence-electron chi connectivity index (χ1n) is 17.1. The number of benzene rings is 3. The van der Waals surface area contributed by atoms with Crippen LogP contribution in [0.1, 0.15) is 30.4 Å².